The van der Waals surface area contributed by atoms with E-state index >= 15 is 0 Å². The van der Waals surface area contributed by atoms with Crippen LogP contribution in [-0.2, 0) is 5.54 Å². The van der Waals surface area contributed by atoms with Gasteiger partial charge in [0.15, 0.2) is 0 Å². The molecule has 1 saturated heterocycles. The van der Waals surface area contributed by atoms with Crippen molar-refractivity contribution >= 4 is 11.6 Å². The maximum Gasteiger partial charge on any atom is 0.0452 e. The first-order valence-corrected chi connectivity index (χ1v) is 6.30. The lowest BCUT2D eigenvalue weighted by atomic mass is 9.70. The lowest BCUT2D eigenvalue weighted by molar-refractivity contribution is 0.132. The van der Waals surface area contributed by atoms with Crippen LogP contribution in [0.3, 0.4) is 0 Å². The minimum absolute atomic E-state index is 0.156. The lowest BCUT2D eigenvalue weighted by Gasteiger charge is -2.47. The zero-order valence-corrected chi connectivity index (χ0v) is 11.1. The summed E-state index contributed by atoms with van der Waals surface area (Å²) >= 11 is 6.08. The third kappa shape index (κ3) is 2.41. The van der Waals surface area contributed by atoms with E-state index in [1.54, 1.807) is 0 Å². The Kier molecular flexibility index (Phi) is 3.02. The van der Waals surface area contributed by atoms with Crippen molar-refractivity contribution in [2.75, 3.05) is 6.54 Å². The standard InChI is InChI=1S/C14H20ClN/c1-13(2,3)10-14(7-8-16-14)11-5-4-6-12(15)9-11/h4-6,9,16H,7-8,10H2,1-3H3. The van der Waals surface area contributed by atoms with E-state index in [1.807, 2.05) is 12.1 Å². The van der Waals surface area contributed by atoms with Crippen molar-refractivity contribution in [3.05, 3.63) is 34.9 Å². The van der Waals surface area contributed by atoms with Crippen LogP contribution in [0.4, 0.5) is 0 Å². The normalized spacial score (nSPS) is 25.2. The molecule has 1 aliphatic heterocycles. The van der Waals surface area contributed by atoms with Gasteiger partial charge in [0.05, 0.1) is 0 Å². The summed E-state index contributed by atoms with van der Waals surface area (Å²) < 4.78 is 0. The molecule has 1 fully saturated rings. The van der Waals surface area contributed by atoms with Crippen LogP contribution in [-0.4, -0.2) is 6.54 Å². The predicted octanol–water partition coefficient (Wildman–Crippen LogP) is 3.96. The first-order chi connectivity index (χ1) is 7.41. The van der Waals surface area contributed by atoms with Gasteiger partial charge in [-0.05, 0) is 42.5 Å². The molecule has 1 N–H and O–H groups in total. The summed E-state index contributed by atoms with van der Waals surface area (Å²) in [6, 6.07) is 8.26. The second-order valence-corrected chi connectivity index (χ2v) is 6.44. The smallest absolute Gasteiger partial charge is 0.0452 e. The number of nitrogens with one attached hydrogen (secondary N) is 1. The lowest BCUT2D eigenvalue weighted by Crippen LogP contribution is -2.55. The van der Waals surface area contributed by atoms with Gasteiger partial charge in [0.2, 0.25) is 0 Å². The largest absolute Gasteiger partial charge is 0.307 e. The second-order valence-electron chi connectivity index (χ2n) is 6.01. The molecule has 2 heteroatoms. The summed E-state index contributed by atoms with van der Waals surface area (Å²) in [6.07, 6.45) is 2.37. The van der Waals surface area contributed by atoms with Gasteiger partial charge < -0.3 is 5.32 Å². The van der Waals surface area contributed by atoms with Gasteiger partial charge in [-0.1, -0.05) is 44.5 Å². The molecule has 0 aliphatic carbocycles. The Hall–Kier alpha value is -0.530. The van der Waals surface area contributed by atoms with Crippen molar-refractivity contribution in [2.24, 2.45) is 5.41 Å². The highest BCUT2D eigenvalue weighted by atomic mass is 35.5. The van der Waals surface area contributed by atoms with Gasteiger partial charge >= 0.3 is 0 Å². The summed E-state index contributed by atoms with van der Waals surface area (Å²) in [7, 11) is 0. The SMILES string of the molecule is CC(C)(C)CC1(c2cccc(Cl)c2)CCN1. The van der Waals surface area contributed by atoms with Crippen molar-refractivity contribution < 1.29 is 0 Å². The van der Waals surface area contributed by atoms with E-state index in [1.165, 1.54) is 12.0 Å². The molecular formula is C14H20ClN. The Morgan fingerprint density at radius 2 is 2.06 bits per heavy atom. The minimum atomic E-state index is 0.156. The molecule has 1 nitrogen and oxygen atoms in total. The highest BCUT2D eigenvalue weighted by Gasteiger charge is 2.41. The van der Waals surface area contributed by atoms with Crippen molar-refractivity contribution in [3.8, 4) is 0 Å². The number of hydrogen-bond acceptors (Lipinski definition) is 1. The van der Waals surface area contributed by atoms with E-state index < -0.39 is 0 Å². The maximum atomic E-state index is 6.08. The number of benzene rings is 1. The van der Waals surface area contributed by atoms with Crippen LogP contribution in [0.1, 0.15) is 39.2 Å². The first kappa shape index (κ1) is 11.9. The molecule has 2 rings (SSSR count). The molecule has 1 unspecified atom stereocenters. The molecule has 0 bridgehead atoms. The van der Waals surface area contributed by atoms with Gasteiger partial charge in [0, 0.05) is 10.6 Å². The number of halogens is 1. The van der Waals surface area contributed by atoms with Gasteiger partial charge in [0.1, 0.15) is 0 Å². The van der Waals surface area contributed by atoms with Crippen LogP contribution in [0.25, 0.3) is 0 Å². The molecule has 88 valence electrons. The summed E-state index contributed by atoms with van der Waals surface area (Å²) in [5.41, 5.74) is 1.82. The molecule has 0 radical (unpaired) electrons. The maximum absolute atomic E-state index is 6.08. The van der Waals surface area contributed by atoms with Crippen LogP contribution in [0.2, 0.25) is 5.02 Å². The fraction of sp³-hybridized carbons (Fsp3) is 0.571. The summed E-state index contributed by atoms with van der Waals surface area (Å²) in [5, 5.41) is 4.43. The predicted molar refractivity (Wildman–Crippen MR) is 69.8 cm³/mol. The molecule has 0 saturated carbocycles. The summed E-state index contributed by atoms with van der Waals surface area (Å²) in [4.78, 5) is 0. The fourth-order valence-corrected chi connectivity index (χ4v) is 2.81. The Morgan fingerprint density at radius 3 is 2.50 bits per heavy atom. The van der Waals surface area contributed by atoms with Gasteiger partial charge in [-0.15, -0.1) is 0 Å². The summed E-state index contributed by atoms with van der Waals surface area (Å²) in [5.74, 6) is 0. The number of rotatable bonds is 2. The average Bonchev–Trinajstić information content (AvgIpc) is 2.10. The Labute approximate surface area is 103 Å². The Morgan fingerprint density at radius 1 is 1.38 bits per heavy atom. The molecular weight excluding hydrogens is 218 g/mol. The Bertz CT molecular complexity index is 375. The second kappa shape index (κ2) is 4.05. The van der Waals surface area contributed by atoms with Crippen molar-refractivity contribution in [3.63, 3.8) is 0 Å². The summed E-state index contributed by atoms with van der Waals surface area (Å²) in [6.45, 7) is 7.99. The van der Waals surface area contributed by atoms with Gasteiger partial charge in [-0.2, -0.15) is 0 Å². The molecule has 0 aromatic heterocycles. The highest BCUT2D eigenvalue weighted by molar-refractivity contribution is 6.30. The highest BCUT2D eigenvalue weighted by Crippen LogP contribution is 2.41. The van der Waals surface area contributed by atoms with E-state index in [0.717, 1.165) is 18.0 Å². The molecule has 1 aliphatic rings. The van der Waals surface area contributed by atoms with E-state index in [2.05, 4.69) is 38.2 Å². The van der Waals surface area contributed by atoms with E-state index in [9.17, 15) is 0 Å². The average molecular weight is 238 g/mol. The molecule has 16 heavy (non-hydrogen) atoms. The zero-order chi connectivity index (χ0) is 11.8. The van der Waals surface area contributed by atoms with Gasteiger partial charge in [0.25, 0.3) is 0 Å². The van der Waals surface area contributed by atoms with Crippen molar-refractivity contribution in [1.29, 1.82) is 0 Å². The van der Waals surface area contributed by atoms with Crippen LogP contribution in [0.15, 0.2) is 24.3 Å². The van der Waals surface area contributed by atoms with Crippen molar-refractivity contribution in [1.82, 2.24) is 5.32 Å². The molecule has 1 aromatic carbocycles. The topological polar surface area (TPSA) is 12.0 Å². The fourth-order valence-electron chi connectivity index (χ4n) is 2.62. The van der Waals surface area contributed by atoms with Crippen LogP contribution >= 0.6 is 11.6 Å². The molecule has 0 spiro atoms. The zero-order valence-electron chi connectivity index (χ0n) is 10.3. The minimum Gasteiger partial charge on any atom is -0.307 e. The van der Waals surface area contributed by atoms with Gasteiger partial charge in [-0.3, -0.25) is 0 Å². The number of hydrogen-bond donors (Lipinski definition) is 1. The third-order valence-corrected chi connectivity index (χ3v) is 3.46. The monoisotopic (exact) mass is 237 g/mol. The third-order valence-electron chi connectivity index (χ3n) is 3.22. The quantitative estimate of drug-likeness (QED) is 0.821. The molecule has 1 atom stereocenters. The Balaban J connectivity index is 2.28. The molecule has 1 aromatic rings. The van der Waals surface area contributed by atoms with Crippen LogP contribution < -0.4 is 5.32 Å². The van der Waals surface area contributed by atoms with E-state index in [0.29, 0.717) is 5.41 Å². The van der Waals surface area contributed by atoms with Crippen LogP contribution in [0.5, 0.6) is 0 Å². The van der Waals surface area contributed by atoms with E-state index in [-0.39, 0.29) is 5.54 Å². The first-order valence-electron chi connectivity index (χ1n) is 5.92. The van der Waals surface area contributed by atoms with E-state index in [4.69, 9.17) is 11.6 Å². The molecule has 0 amide bonds. The molecule has 1 heterocycles. The van der Waals surface area contributed by atoms with Gasteiger partial charge in [-0.25, -0.2) is 0 Å². The van der Waals surface area contributed by atoms with Crippen LogP contribution in [0, 0.1) is 5.41 Å². The van der Waals surface area contributed by atoms with Crippen molar-refractivity contribution in [2.45, 2.75) is 39.2 Å².